The molecule has 1 aliphatic heterocycles. The smallest absolute Gasteiger partial charge is 0.124 e. The van der Waals surface area contributed by atoms with Crippen molar-refractivity contribution < 1.29 is 13.9 Å². The molecule has 112 valence electrons. The molecule has 0 aliphatic carbocycles. The number of ether oxygens (including phenoxy) is 2. The SMILES string of the molecule is CCNC1CC(CC(C)(C)OC)Oc2ccc(F)cc21. The van der Waals surface area contributed by atoms with Crippen LogP contribution in [-0.4, -0.2) is 25.4 Å². The summed E-state index contributed by atoms with van der Waals surface area (Å²) >= 11 is 0. The van der Waals surface area contributed by atoms with Crippen LogP contribution in [0.2, 0.25) is 0 Å². The van der Waals surface area contributed by atoms with Crippen LogP contribution in [0.1, 0.15) is 45.2 Å². The van der Waals surface area contributed by atoms with E-state index in [9.17, 15) is 4.39 Å². The largest absolute Gasteiger partial charge is 0.490 e. The monoisotopic (exact) mass is 281 g/mol. The normalized spacial score (nSPS) is 22.2. The maximum atomic E-state index is 13.4. The molecule has 1 N–H and O–H groups in total. The second-order valence-corrected chi connectivity index (χ2v) is 5.94. The lowest BCUT2D eigenvalue weighted by Crippen LogP contribution is -2.38. The molecule has 0 bridgehead atoms. The third-order valence-corrected chi connectivity index (χ3v) is 3.86. The maximum Gasteiger partial charge on any atom is 0.124 e. The Balaban J connectivity index is 2.20. The Morgan fingerprint density at radius 3 is 2.85 bits per heavy atom. The molecule has 4 heteroatoms. The number of nitrogens with one attached hydrogen (secondary N) is 1. The fourth-order valence-corrected chi connectivity index (χ4v) is 2.71. The van der Waals surface area contributed by atoms with Crippen molar-refractivity contribution in [3.05, 3.63) is 29.6 Å². The molecule has 0 saturated carbocycles. The van der Waals surface area contributed by atoms with Crippen LogP contribution in [0.3, 0.4) is 0 Å². The van der Waals surface area contributed by atoms with Crippen molar-refractivity contribution in [1.82, 2.24) is 5.32 Å². The lowest BCUT2D eigenvalue weighted by Gasteiger charge is -2.36. The first-order valence-electron chi connectivity index (χ1n) is 7.20. The van der Waals surface area contributed by atoms with Gasteiger partial charge in [-0.2, -0.15) is 0 Å². The lowest BCUT2D eigenvalue weighted by molar-refractivity contribution is -0.0205. The summed E-state index contributed by atoms with van der Waals surface area (Å²) in [6.45, 7) is 7.02. The van der Waals surface area contributed by atoms with Crippen molar-refractivity contribution in [3.8, 4) is 5.75 Å². The van der Waals surface area contributed by atoms with Gasteiger partial charge in [0.25, 0.3) is 0 Å². The Hall–Kier alpha value is -1.13. The van der Waals surface area contributed by atoms with Crippen LogP contribution >= 0.6 is 0 Å². The summed E-state index contributed by atoms with van der Waals surface area (Å²) in [5.74, 6) is 0.562. The average molecular weight is 281 g/mol. The third kappa shape index (κ3) is 3.49. The van der Waals surface area contributed by atoms with Gasteiger partial charge < -0.3 is 14.8 Å². The van der Waals surface area contributed by atoms with Crippen molar-refractivity contribution in [1.29, 1.82) is 0 Å². The molecule has 0 fully saturated rings. The van der Waals surface area contributed by atoms with Crippen LogP contribution in [0.15, 0.2) is 18.2 Å². The second kappa shape index (κ2) is 6.10. The van der Waals surface area contributed by atoms with Gasteiger partial charge in [-0.05, 0) is 38.6 Å². The van der Waals surface area contributed by atoms with Crippen LogP contribution < -0.4 is 10.1 Å². The van der Waals surface area contributed by atoms with Gasteiger partial charge in [0, 0.05) is 31.6 Å². The molecule has 2 unspecified atom stereocenters. The van der Waals surface area contributed by atoms with E-state index >= 15 is 0 Å². The maximum absolute atomic E-state index is 13.4. The second-order valence-electron chi connectivity index (χ2n) is 5.94. The molecule has 0 radical (unpaired) electrons. The number of fused-ring (bicyclic) bond motifs is 1. The van der Waals surface area contributed by atoms with Crippen LogP contribution in [0, 0.1) is 5.82 Å². The molecule has 0 aromatic heterocycles. The molecular formula is C16H24FNO2. The number of halogens is 1. The molecule has 2 atom stereocenters. The summed E-state index contributed by atoms with van der Waals surface area (Å²) in [5.41, 5.74) is 0.692. The van der Waals surface area contributed by atoms with Crippen LogP contribution in [0.25, 0.3) is 0 Å². The number of methoxy groups -OCH3 is 1. The van der Waals surface area contributed by atoms with Gasteiger partial charge in [-0.1, -0.05) is 6.92 Å². The summed E-state index contributed by atoms with van der Waals surface area (Å²) in [6.07, 6.45) is 1.71. The minimum absolute atomic E-state index is 0.0759. The first kappa shape index (κ1) is 15.3. The Morgan fingerprint density at radius 2 is 2.20 bits per heavy atom. The zero-order valence-corrected chi connectivity index (χ0v) is 12.7. The zero-order chi connectivity index (χ0) is 14.8. The van der Waals surface area contributed by atoms with Crippen molar-refractivity contribution in [2.75, 3.05) is 13.7 Å². The minimum Gasteiger partial charge on any atom is -0.490 e. The number of benzene rings is 1. The predicted molar refractivity (Wildman–Crippen MR) is 77.6 cm³/mol. The lowest BCUT2D eigenvalue weighted by atomic mass is 9.90. The van der Waals surface area contributed by atoms with Gasteiger partial charge in [-0.15, -0.1) is 0 Å². The Labute approximate surface area is 120 Å². The molecule has 20 heavy (non-hydrogen) atoms. The highest BCUT2D eigenvalue weighted by Crippen LogP contribution is 2.37. The molecule has 1 aromatic carbocycles. The fraction of sp³-hybridized carbons (Fsp3) is 0.625. The molecule has 0 amide bonds. The van der Waals surface area contributed by atoms with Gasteiger partial charge in [0.1, 0.15) is 17.7 Å². The van der Waals surface area contributed by atoms with Crippen molar-refractivity contribution in [2.24, 2.45) is 0 Å². The van der Waals surface area contributed by atoms with E-state index in [2.05, 4.69) is 26.1 Å². The summed E-state index contributed by atoms with van der Waals surface area (Å²) in [7, 11) is 1.72. The van der Waals surface area contributed by atoms with E-state index in [4.69, 9.17) is 9.47 Å². The molecule has 1 aromatic rings. The average Bonchev–Trinajstić information content (AvgIpc) is 2.39. The fourth-order valence-electron chi connectivity index (χ4n) is 2.71. The van der Waals surface area contributed by atoms with Crippen LogP contribution in [0.5, 0.6) is 5.75 Å². The van der Waals surface area contributed by atoms with E-state index in [-0.39, 0.29) is 23.6 Å². The van der Waals surface area contributed by atoms with Crippen molar-refractivity contribution >= 4 is 0 Å². The highest BCUT2D eigenvalue weighted by Gasteiger charge is 2.32. The number of hydrogen-bond donors (Lipinski definition) is 1. The minimum atomic E-state index is -0.223. The van der Waals surface area contributed by atoms with E-state index in [0.29, 0.717) is 0 Å². The van der Waals surface area contributed by atoms with Crippen LogP contribution in [0.4, 0.5) is 4.39 Å². The van der Waals surface area contributed by atoms with Gasteiger partial charge in [-0.3, -0.25) is 0 Å². The first-order chi connectivity index (χ1) is 9.45. The molecule has 3 nitrogen and oxygen atoms in total. The zero-order valence-electron chi connectivity index (χ0n) is 12.7. The quantitative estimate of drug-likeness (QED) is 0.896. The molecule has 0 spiro atoms. The number of hydrogen-bond acceptors (Lipinski definition) is 3. The summed E-state index contributed by atoms with van der Waals surface area (Å²) in [4.78, 5) is 0. The first-order valence-corrected chi connectivity index (χ1v) is 7.20. The standard InChI is InChI=1S/C16H24FNO2/c1-5-18-14-9-12(10-16(2,3)19-4)20-15-7-6-11(17)8-13(14)15/h6-8,12,14,18H,5,9-10H2,1-4H3. The van der Waals surface area contributed by atoms with Gasteiger partial charge in [0.05, 0.1) is 5.60 Å². The predicted octanol–water partition coefficient (Wildman–Crippen LogP) is 3.44. The van der Waals surface area contributed by atoms with E-state index in [1.807, 2.05) is 0 Å². The molecule has 1 aliphatic rings. The highest BCUT2D eigenvalue weighted by atomic mass is 19.1. The van der Waals surface area contributed by atoms with E-state index in [1.165, 1.54) is 6.07 Å². The Kier molecular flexibility index (Phi) is 4.66. The third-order valence-electron chi connectivity index (χ3n) is 3.86. The van der Waals surface area contributed by atoms with E-state index in [0.717, 1.165) is 30.7 Å². The Bertz CT molecular complexity index is 462. The van der Waals surface area contributed by atoms with Gasteiger partial charge in [0.2, 0.25) is 0 Å². The molecule has 0 saturated heterocycles. The summed E-state index contributed by atoms with van der Waals surface area (Å²) < 4.78 is 24.9. The topological polar surface area (TPSA) is 30.5 Å². The molecular weight excluding hydrogens is 257 g/mol. The van der Waals surface area contributed by atoms with Gasteiger partial charge >= 0.3 is 0 Å². The Morgan fingerprint density at radius 1 is 1.45 bits per heavy atom. The summed E-state index contributed by atoms with van der Waals surface area (Å²) in [6, 6.07) is 4.88. The molecule has 1 heterocycles. The van der Waals surface area contributed by atoms with Gasteiger partial charge in [0.15, 0.2) is 0 Å². The summed E-state index contributed by atoms with van der Waals surface area (Å²) in [5, 5.41) is 3.41. The van der Waals surface area contributed by atoms with Crippen LogP contribution in [-0.2, 0) is 4.74 Å². The number of rotatable bonds is 5. The van der Waals surface area contributed by atoms with Crippen molar-refractivity contribution in [3.63, 3.8) is 0 Å². The van der Waals surface area contributed by atoms with Crippen molar-refractivity contribution in [2.45, 2.75) is 51.4 Å². The molecule has 2 rings (SSSR count). The van der Waals surface area contributed by atoms with E-state index in [1.54, 1.807) is 19.2 Å². The van der Waals surface area contributed by atoms with Gasteiger partial charge in [-0.25, -0.2) is 4.39 Å². The van der Waals surface area contributed by atoms with E-state index < -0.39 is 0 Å². The highest BCUT2D eigenvalue weighted by molar-refractivity contribution is 5.38.